The van der Waals surface area contributed by atoms with Gasteiger partial charge < -0.3 is 15.0 Å². The van der Waals surface area contributed by atoms with Crippen molar-refractivity contribution in [3.63, 3.8) is 0 Å². The molecule has 16 heavy (non-hydrogen) atoms. The van der Waals surface area contributed by atoms with Gasteiger partial charge in [-0.1, -0.05) is 6.92 Å². The summed E-state index contributed by atoms with van der Waals surface area (Å²) < 4.78 is 4.86. The molecule has 1 aliphatic heterocycles. The van der Waals surface area contributed by atoms with E-state index in [9.17, 15) is 4.79 Å². The zero-order chi connectivity index (χ0) is 12.0. The topological polar surface area (TPSA) is 41.6 Å². The maximum atomic E-state index is 11.7. The van der Waals surface area contributed by atoms with Gasteiger partial charge in [-0.25, -0.2) is 0 Å². The van der Waals surface area contributed by atoms with Crippen LogP contribution in [0.3, 0.4) is 0 Å². The van der Waals surface area contributed by atoms with Crippen molar-refractivity contribution < 1.29 is 9.53 Å². The summed E-state index contributed by atoms with van der Waals surface area (Å²) in [7, 11) is 1.45. The van der Waals surface area contributed by atoms with Gasteiger partial charge in [-0.3, -0.25) is 4.79 Å². The van der Waals surface area contributed by atoms with Crippen LogP contribution in [0.1, 0.15) is 33.1 Å². The minimum atomic E-state index is -0.536. The maximum absolute atomic E-state index is 11.7. The fourth-order valence-corrected chi connectivity index (χ4v) is 2.27. The zero-order valence-corrected chi connectivity index (χ0v) is 10.7. The number of methoxy groups -OCH3 is 1. The van der Waals surface area contributed by atoms with Gasteiger partial charge in [0.2, 0.25) is 0 Å². The maximum Gasteiger partial charge on any atom is 0.325 e. The Morgan fingerprint density at radius 2 is 2.06 bits per heavy atom. The van der Waals surface area contributed by atoms with E-state index in [2.05, 4.69) is 10.2 Å². The standard InChI is InChI=1S/C12H24N2O2/c1-4-13-12(2,11(15)16-3)7-10-14-8-5-6-9-14/h13H,4-10H2,1-3H3. The molecule has 4 heteroatoms. The van der Waals surface area contributed by atoms with E-state index in [4.69, 9.17) is 4.74 Å². The summed E-state index contributed by atoms with van der Waals surface area (Å²) in [5, 5.41) is 3.23. The summed E-state index contributed by atoms with van der Waals surface area (Å²) in [4.78, 5) is 14.1. The highest BCUT2D eigenvalue weighted by molar-refractivity contribution is 5.80. The molecule has 0 aromatic heterocycles. The summed E-state index contributed by atoms with van der Waals surface area (Å²) in [5.41, 5.74) is -0.536. The summed E-state index contributed by atoms with van der Waals surface area (Å²) in [6.45, 7) is 8.03. The van der Waals surface area contributed by atoms with Crippen LogP contribution in [0.4, 0.5) is 0 Å². The lowest BCUT2D eigenvalue weighted by molar-refractivity contribution is -0.148. The molecule has 0 amide bonds. The van der Waals surface area contributed by atoms with E-state index in [0.717, 1.165) is 19.5 Å². The Kier molecular flexibility index (Phi) is 5.22. The molecule has 4 nitrogen and oxygen atoms in total. The Balaban J connectivity index is 2.45. The first-order valence-electron chi connectivity index (χ1n) is 6.18. The number of hydrogen-bond donors (Lipinski definition) is 1. The van der Waals surface area contributed by atoms with Gasteiger partial charge in [-0.05, 0) is 45.8 Å². The van der Waals surface area contributed by atoms with Crippen molar-refractivity contribution in [1.29, 1.82) is 0 Å². The Morgan fingerprint density at radius 1 is 1.44 bits per heavy atom. The molecule has 0 aromatic carbocycles. The van der Waals surface area contributed by atoms with Gasteiger partial charge in [0.1, 0.15) is 5.54 Å². The molecule has 0 aromatic rings. The van der Waals surface area contributed by atoms with Gasteiger partial charge >= 0.3 is 5.97 Å². The van der Waals surface area contributed by atoms with Crippen LogP contribution < -0.4 is 5.32 Å². The third-order valence-electron chi connectivity index (χ3n) is 3.33. The SMILES string of the molecule is CCNC(C)(CCN1CCCC1)C(=O)OC. The molecule has 1 N–H and O–H groups in total. The number of nitrogens with zero attached hydrogens (tertiary/aromatic N) is 1. The van der Waals surface area contributed by atoms with Crippen LogP contribution in [0.5, 0.6) is 0 Å². The van der Waals surface area contributed by atoms with E-state index in [-0.39, 0.29) is 5.97 Å². The average molecular weight is 228 g/mol. The lowest BCUT2D eigenvalue weighted by Crippen LogP contribution is -2.51. The first kappa shape index (κ1) is 13.5. The zero-order valence-electron chi connectivity index (χ0n) is 10.7. The molecule has 0 radical (unpaired) electrons. The van der Waals surface area contributed by atoms with Gasteiger partial charge in [-0.2, -0.15) is 0 Å². The third-order valence-corrected chi connectivity index (χ3v) is 3.33. The van der Waals surface area contributed by atoms with Crippen molar-refractivity contribution in [2.75, 3.05) is 33.3 Å². The molecule has 1 saturated heterocycles. The highest BCUT2D eigenvalue weighted by Gasteiger charge is 2.33. The van der Waals surface area contributed by atoms with Crippen molar-refractivity contribution in [2.45, 2.75) is 38.6 Å². The van der Waals surface area contributed by atoms with Crippen molar-refractivity contribution in [3.8, 4) is 0 Å². The molecule has 1 atom stereocenters. The molecule has 0 aliphatic carbocycles. The van der Waals surface area contributed by atoms with Gasteiger partial charge in [0.15, 0.2) is 0 Å². The first-order chi connectivity index (χ1) is 7.62. The second kappa shape index (κ2) is 6.21. The van der Waals surface area contributed by atoms with E-state index in [1.807, 2.05) is 13.8 Å². The van der Waals surface area contributed by atoms with Crippen LogP contribution in [0.2, 0.25) is 0 Å². The summed E-state index contributed by atoms with van der Waals surface area (Å²) >= 11 is 0. The molecule has 1 fully saturated rings. The van der Waals surface area contributed by atoms with Crippen LogP contribution in [-0.4, -0.2) is 49.7 Å². The second-order valence-electron chi connectivity index (χ2n) is 4.65. The minimum Gasteiger partial charge on any atom is -0.468 e. The fraction of sp³-hybridized carbons (Fsp3) is 0.917. The fourth-order valence-electron chi connectivity index (χ4n) is 2.27. The lowest BCUT2D eigenvalue weighted by Gasteiger charge is -2.29. The van der Waals surface area contributed by atoms with Crippen LogP contribution in [0, 0.1) is 0 Å². The highest BCUT2D eigenvalue weighted by Crippen LogP contribution is 2.15. The molecule has 0 spiro atoms. The molecule has 0 saturated carbocycles. The van der Waals surface area contributed by atoms with E-state index >= 15 is 0 Å². The summed E-state index contributed by atoms with van der Waals surface area (Å²) in [6, 6.07) is 0. The van der Waals surface area contributed by atoms with Gasteiger partial charge in [0.05, 0.1) is 7.11 Å². The molecule has 1 aliphatic rings. The number of esters is 1. The first-order valence-corrected chi connectivity index (χ1v) is 6.18. The van der Waals surface area contributed by atoms with E-state index in [1.54, 1.807) is 0 Å². The van der Waals surface area contributed by atoms with E-state index in [1.165, 1.54) is 33.0 Å². The second-order valence-corrected chi connectivity index (χ2v) is 4.65. The molecular formula is C12H24N2O2. The van der Waals surface area contributed by atoms with Crippen LogP contribution in [-0.2, 0) is 9.53 Å². The number of hydrogen-bond acceptors (Lipinski definition) is 4. The number of nitrogens with one attached hydrogen (secondary N) is 1. The molecule has 94 valence electrons. The van der Waals surface area contributed by atoms with Crippen molar-refractivity contribution in [3.05, 3.63) is 0 Å². The Labute approximate surface area is 98.3 Å². The molecular weight excluding hydrogens is 204 g/mol. The van der Waals surface area contributed by atoms with Crippen molar-refractivity contribution >= 4 is 5.97 Å². The van der Waals surface area contributed by atoms with E-state index < -0.39 is 5.54 Å². The normalized spacial score (nSPS) is 20.7. The third kappa shape index (κ3) is 3.46. The number of likely N-dealkylation sites (N-methyl/N-ethyl adjacent to an activating group) is 1. The Bertz CT molecular complexity index is 227. The molecule has 1 rings (SSSR count). The molecule has 0 bridgehead atoms. The van der Waals surface area contributed by atoms with Crippen molar-refractivity contribution in [1.82, 2.24) is 10.2 Å². The monoisotopic (exact) mass is 228 g/mol. The van der Waals surface area contributed by atoms with Crippen LogP contribution in [0.25, 0.3) is 0 Å². The summed E-state index contributed by atoms with van der Waals surface area (Å²) in [6.07, 6.45) is 3.39. The van der Waals surface area contributed by atoms with Crippen molar-refractivity contribution in [2.24, 2.45) is 0 Å². The average Bonchev–Trinajstić information content (AvgIpc) is 2.78. The van der Waals surface area contributed by atoms with Gasteiger partial charge in [0.25, 0.3) is 0 Å². The molecule has 1 unspecified atom stereocenters. The smallest absolute Gasteiger partial charge is 0.325 e. The predicted octanol–water partition coefficient (Wildman–Crippen LogP) is 1.01. The largest absolute Gasteiger partial charge is 0.468 e. The quantitative estimate of drug-likeness (QED) is 0.689. The van der Waals surface area contributed by atoms with E-state index in [0.29, 0.717) is 0 Å². The molecule has 1 heterocycles. The number of ether oxygens (including phenoxy) is 1. The number of rotatable bonds is 6. The predicted molar refractivity (Wildman–Crippen MR) is 64.4 cm³/mol. The number of carbonyl (C=O) groups excluding carboxylic acids is 1. The van der Waals surface area contributed by atoms with Crippen LogP contribution >= 0.6 is 0 Å². The lowest BCUT2D eigenvalue weighted by atomic mass is 9.97. The van der Waals surface area contributed by atoms with Gasteiger partial charge in [0, 0.05) is 6.54 Å². The van der Waals surface area contributed by atoms with Crippen LogP contribution in [0.15, 0.2) is 0 Å². The Hall–Kier alpha value is -0.610. The van der Waals surface area contributed by atoms with Gasteiger partial charge in [-0.15, -0.1) is 0 Å². The Morgan fingerprint density at radius 3 is 2.56 bits per heavy atom. The highest BCUT2D eigenvalue weighted by atomic mass is 16.5. The minimum absolute atomic E-state index is 0.159. The number of carbonyl (C=O) groups is 1. The summed E-state index contributed by atoms with van der Waals surface area (Å²) in [5.74, 6) is -0.159. The number of likely N-dealkylation sites (tertiary alicyclic amines) is 1.